The number of nitrogens with zero attached hydrogens (tertiary/aromatic N) is 4. The Hall–Kier alpha value is -9.17. The summed E-state index contributed by atoms with van der Waals surface area (Å²) in [5.74, 6) is 0.707. The molecule has 0 saturated carbocycles. The van der Waals surface area contributed by atoms with E-state index in [1.165, 1.54) is 59.1 Å². The number of thiophene rings is 2. The number of nitriles is 3. The minimum Gasteiger partial charge on any atom is -0.488 e. The lowest BCUT2D eigenvalue weighted by molar-refractivity contribution is 0.0514. The molecule has 0 atom stereocenters. The topological polar surface area (TPSA) is 183 Å². The summed E-state index contributed by atoms with van der Waals surface area (Å²) < 4.78 is 124. The van der Waals surface area contributed by atoms with Crippen molar-refractivity contribution in [3.8, 4) is 52.7 Å². The standard InChI is InChI=1S/C69H70F6N4O10S2/c1-7-11-37-82-60-55(90-57(62(60)84-39-13-9-3)33-34-58-63(85-40-14-10-4)61(83-38-12-8-2)56(91-58)32-30-53-52(44-78)59(48(42-76)43-77)89-69(53,5)6)31-19-45-17-24-49(25-18-45)79(35-15-16-54(80)46-20-26-50(27-21-46)87-66(74)64(70)71)36-41-86-68(81)47-22-28-51(29-23-47)88-67(75)65(72)73/h17-34H,7-16,35-41H2,1-6H3/b31-19+,32-30+,34-33+. The Kier molecular flexibility index (Phi) is 28.0. The van der Waals surface area contributed by atoms with E-state index in [0.29, 0.717) is 73.7 Å². The van der Waals surface area contributed by atoms with Crippen LogP contribution in [-0.4, -0.2) is 63.5 Å². The van der Waals surface area contributed by atoms with Crippen LogP contribution in [0.25, 0.3) is 30.4 Å². The monoisotopic (exact) mass is 1290 g/mol. The number of ether oxygens (including phenoxy) is 8. The number of halogens is 6. The molecule has 0 aliphatic carbocycles. The second-order valence-electron chi connectivity index (χ2n) is 20.8. The van der Waals surface area contributed by atoms with Gasteiger partial charge in [-0.15, -0.1) is 22.7 Å². The zero-order chi connectivity index (χ0) is 65.9. The Morgan fingerprint density at radius 3 is 1.40 bits per heavy atom. The third kappa shape index (κ3) is 20.4. The van der Waals surface area contributed by atoms with Crippen molar-refractivity contribution in [3.05, 3.63) is 162 Å². The fourth-order valence-electron chi connectivity index (χ4n) is 8.82. The van der Waals surface area contributed by atoms with E-state index in [1.54, 1.807) is 19.9 Å². The third-order valence-electron chi connectivity index (χ3n) is 13.7. The average molecular weight is 1290 g/mol. The highest BCUT2D eigenvalue weighted by Crippen LogP contribution is 2.49. The maximum atomic E-state index is 13.4. The van der Waals surface area contributed by atoms with E-state index in [-0.39, 0.29) is 64.9 Å². The zero-order valence-electron chi connectivity index (χ0n) is 51.4. The molecule has 0 amide bonds. The molecule has 5 aromatic rings. The van der Waals surface area contributed by atoms with Crippen LogP contribution in [0.2, 0.25) is 0 Å². The Morgan fingerprint density at radius 2 is 0.978 bits per heavy atom. The number of allylic oxidation sites excluding steroid dienone is 2. The van der Waals surface area contributed by atoms with Gasteiger partial charge in [0, 0.05) is 29.8 Å². The lowest BCUT2D eigenvalue weighted by Gasteiger charge is -2.25. The number of carbonyl (C=O) groups excluding carboxylic acids is 2. The van der Waals surface area contributed by atoms with Gasteiger partial charge in [0.1, 0.15) is 47.5 Å². The zero-order valence-corrected chi connectivity index (χ0v) is 53.0. The predicted molar refractivity (Wildman–Crippen MR) is 341 cm³/mol. The molecule has 0 saturated heterocycles. The molecule has 3 heterocycles. The Balaban J connectivity index is 1.32. The highest BCUT2D eigenvalue weighted by atomic mass is 32.1. The summed E-state index contributed by atoms with van der Waals surface area (Å²) in [6.45, 7) is 13.9. The van der Waals surface area contributed by atoms with E-state index in [0.717, 1.165) is 88.6 Å². The first-order valence-corrected chi connectivity index (χ1v) is 31.3. The van der Waals surface area contributed by atoms with Crippen LogP contribution < -0.4 is 33.3 Å². The molecule has 480 valence electrons. The van der Waals surface area contributed by atoms with Gasteiger partial charge in [0.15, 0.2) is 40.1 Å². The second kappa shape index (κ2) is 35.9. The number of carbonyl (C=O) groups is 2. The van der Waals surface area contributed by atoms with Gasteiger partial charge in [-0.1, -0.05) is 77.7 Å². The van der Waals surface area contributed by atoms with E-state index in [4.69, 9.17) is 28.4 Å². The van der Waals surface area contributed by atoms with E-state index >= 15 is 0 Å². The van der Waals surface area contributed by atoms with Gasteiger partial charge in [-0.25, -0.2) is 4.79 Å². The van der Waals surface area contributed by atoms with Crippen LogP contribution in [0.5, 0.6) is 34.5 Å². The van der Waals surface area contributed by atoms with Gasteiger partial charge in [-0.05, 0) is 136 Å². The van der Waals surface area contributed by atoms with E-state index in [9.17, 15) is 51.7 Å². The summed E-state index contributed by atoms with van der Waals surface area (Å²) in [5.41, 5.74) is 1.07. The molecule has 0 radical (unpaired) electrons. The van der Waals surface area contributed by atoms with Crippen molar-refractivity contribution in [1.29, 1.82) is 15.8 Å². The fraction of sp³-hybridized carbons (Fsp3) is 0.348. The van der Waals surface area contributed by atoms with Crippen LogP contribution >= 0.6 is 22.7 Å². The first kappa shape index (κ1) is 70.9. The lowest BCUT2D eigenvalue weighted by Crippen LogP contribution is -2.29. The molecule has 6 rings (SSSR count). The molecule has 0 bridgehead atoms. The van der Waals surface area contributed by atoms with Gasteiger partial charge in [0.25, 0.3) is 0 Å². The Morgan fingerprint density at radius 1 is 0.549 bits per heavy atom. The molecule has 1 aliphatic rings. The van der Waals surface area contributed by atoms with Crippen LogP contribution in [0.4, 0.5) is 32.0 Å². The molecule has 3 aromatic carbocycles. The van der Waals surface area contributed by atoms with Crippen molar-refractivity contribution in [1.82, 2.24) is 0 Å². The number of unbranched alkanes of at least 4 members (excludes halogenated alkanes) is 4. The predicted octanol–water partition coefficient (Wildman–Crippen LogP) is 19.0. The summed E-state index contributed by atoms with van der Waals surface area (Å²) in [5, 5.41) is 29.6. The largest absolute Gasteiger partial charge is 0.488 e. The molecule has 2 aromatic heterocycles. The summed E-state index contributed by atoms with van der Waals surface area (Å²) in [6, 6.07) is 19.1. The number of benzene rings is 3. The molecular formula is C69H70F6N4O10S2. The van der Waals surface area contributed by atoms with Crippen molar-refractivity contribution in [2.75, 3.05) is 51.0 Å². The van der Waals surface area contributed by atoms with Crippen molar-refractivity contribution in [2.45, 2.75) is 111 Å². The molecule has 0 fully saturated rings. The Labute approximate surface area is 534 Å². The number of Topliss-reactive ketones (excluding diaryl/α,β-unsaturated/α-hetero) is 1. The molecule has 0 N–H and O–H groups in total. The maximum Gasteiger partial charge on any atom is 0.344 e. The minimum atomic E-state index is -2.64. The van der Waals surface area contributed by atoms with Crippen molar-refractivity contribution < 1.29 is 73.8 Å². The van der Waals surface area contributed by atoms with Crippen LogP contribution in [0.1, 0.15) is 152 Å². The smallest absolute Gasteiger partial charge is 0.344 e. The molecule has 91 heavy (non-hydrogen) atoms. The first-order chi connectivity index (χ1) is 43.9. The SMILES string of the molecule is CCCCOc1c(/C=C/C2=C(C#N)C(=C(C#N)C#N)OC2(C)C)sc(/C=C/c2sc(/C=C/c3ccc(N(CCCC(=O)c4ccc(OC(F)=C(F)F)cc4)CCOC(=O)c4ccc(OC(F)=C(F)F)cc4)cc3)c(OCCCC)c2OCCCC)c1OCCCC. The van der Waals surface area contributed by atoms with Crippen LogP contribution in [-0.2, 0) is 9.47 Å². The van der Waals surface area contributed by atoms with Gasteiger partial charge < -0.3 is 42.8 Å². The quantitative estimate of drug-likeness (QED) is 0.00922. The van der Waals surface area contributed by atoms with Crippen LogP contribution in [0.3, 0.4) is 0 Å². The van der Waals surface area contributed by atoms with Crippen LogP contribution in [0.15, 0.2) is 126 Å². The van der Waals surface area contributed by atoms with Gasteiger partial charge in [0.2, 0.25) is 0 Å². The first-order valence-electron chi connectivity index (χ1n) is 29.7. The summed E-state index contributed by atoms with van der Waals surface area (Å²) >= 11 is 2.92. The van der Waals surface area contributed by atoms with E-state index in [1.807, 2.05) is 71.7 Å². The van der Waals surface area contributed by atoms with E-state index < -0.39 is 35.8 Å². The lowest BCUT2D eigenvalue weighted by atomic mass is 9.94. The normalized spacial score (nSPS) is 12.5. The Bertz CT molecular complexity index is 3550. The highest BCUT2D eigenvalue weighted by Gasteiger charge is 2.39. The third-order valence-corrected chi connectivity index (χ3v) is 15.8. The number of hydrogen-bond acceptors (Lipinski definition) is 16. The summed E-state index contributed by atoms with van der Waals surface area (Å²) in [6.07, 6.45) is 13.3. The minimum absolute atomic E-state index is 0.0483. The number of hydrogen-bond donors (Lipinski definition) is 0. The average Bonchev–Trinajstić information content (AvgIpc) is 1.66. The fourth-order valence-corrected chi connectivity index (χ4v) is 10.8. The summed E-state index contributed by atoms with van der Waals surface area (Å²) in [4.78, 5) is 31.3. The molecule has 0 spiro atoms. The van der Waals surface area contributed by atoms with Crippen molar-refractivity contribution >= 4 is 70.5 Å². The maximum absolute atomic E-state index is 13.4. The summed E-state index contributed by atoms with van der Waals surface area (Å²) in [7, 11) is 0. The second-order valence-corrected chi connectivity index (χ2v) is 23.0. The van der Waals surface area contributed by atoms with E-state index in [2.05, 4.69) is 43.2 Å². The molecule has 0 unspecified atom stereocenters. The van der Waals surface area contributed by atoms with Crippen molar-refractivity contribution in [3.63, 3.8) is 0 Å². The van der Waals surface area contributed by atoms with Gasteiger partial charge in [0.05, 0.1) is 58.0 Å². The highest BCUT2D eigenvalue weighted by molar-refractivity contribution is 7.15. The molecular weight excluding hydrogens is 1220 g/mol. The molecule has 1 aliphatic heterocycles. The molecule has 14 nitrogen and oxygen atoms in total. The van der Waals surface area contributed by atoms with Gasteiger partial charge in [-0.3, -0.25) is 4.79 Å². The van der Waals surface area contributed by atoms with Gasteiger partial charge in [-0.2, -0.15) is 42.1 Å². The number of rotatable bonds is 36. The van der Waals surface area contributed by atoms with Gasteiger partial charge >= 0.3 is 30.2 Å². The van der Waals surface area contributed by atoms with Crippen LogP contribution in [0, 0.1) is 34.0 Å². The number of anilines is 1. The number of esters is 1. The van der Waals surface area contributed by atoms with Crippen molar-refractivity contribution in [2.24, 2.45) is 0 Å². The number of ketones is 1. The molecule has 22 heteroatoms.